The Morgan fingerprint density at radius 2 is 2.62 bits per heavy atom. The van der Waals surface area contributed by atoms with E-state index >= 15 is 0 Å². The van der Waals surface area contributed by atoms with Gasteiger partial charge < -0.3 is 10.0 Å². The molecular weight excluding hydrogens is 170 g/mol. The molecule has 1 aromatic rings. The number of amides is 1. The summed E-state index contributed by atoms with van der Waals surface area (Å²) in [5, 5.41) is 15.8. The molecule has 2 heterocycles. The minimum atomic E-state index is -0.504. The lowest BCUT2D eigenvalue weighted by Crippen LogP contribution is -2.25. The molecule has 1 aliphatic heterocycles. The van der Waals surface area contributed by atoms with Crippen molar-refractivity contribution in [1.29, 1.82) is 0 Å². The number of aromatic nitrogens is 2. The summed E-state index contributed by atoms with van der Waals surface area (Å²) in [6.07, 6.45) is 1.39. The molecule has 1 unspecified atom stereocenters. The standard InChI is InChI=1S/C8H11N3O2/c12-7-3-8(13)11(5-7)4-6-1-2-9-10-6/h1-2,7,12H,3-5H2,(H,9,10). The van der Waals surface area contributed by atoms with Gasteiger partial charge in [-0.15, -0.1) is 0 Å². The van der Waals surface area contributed by atoms with Crippen LogP contribution in [0.2, 0.25) is 0 Å². The molecule has 0 aliphatic carbocycles. The second-order valence-electron chi connectivity index (χ2n) is 3.21. The van der Waals surface area contributed by atoms with E-state index < -0.39 is 6.10 Å². The van der Waals surface area contributed by atoms with Crippen LogP contribution in [0.5, 0.6) is 0 Å². The van der Waals surface area contributed by atoms with Crippen LogP contribution in [-0.4, -0.2) is 38.8 Å². The van der Waals surface area contributed by atoms with Crippen molar-refractivity contribution in [3.8, 4) is 0 Å². The number of hydrogen-bond acceptors (Lipinski definition) is 3. The molecule has 1 aliphatic rings. The average Bonchev–Trinajstić information content (AvgIpc) is 2.63. The van der Waals surface area contributed by atoms with Gasteiger partial charge in [-0.05, 0) is 6.07 Å². The van der Waals surface area contributed by atoms with Gasteiger partial charge in [-0.1, -0.05) is 0 Å². The van der Waals surface area contributed by atoms with Crippen molar-refractivity contribution in [2.24, 2.45) is 0 Å². The molecule has 1 fully saturated rings. The van der Waals surface area contributed by atoms with Crippen molar-refractivity contribution in [2.75, 3.05) is 6.54 Å². The van der Waals surface area contributed by atoms with Gasteiger partial charge in [0.05, 0.1) is 24.8 Å². The number of hydrogen-bond donors (Lipinski definition) is 2. The maximum atomic E-state index is 11.2. The van der Waals surface area contributed by atoms with E-state index in [0.717, 1.165) is 5.69 Å². The topological polar surface area (TPSA) is 69.2 Å². The van der Waals surface area contributed by atoms with Gasteiger partial charge in [-0.3, -0.25) is 9.89 Å². The molecule has 1 aromatic heterocycles. The van der Waals surface area contributed by atoms with Crippen LogP contribution in [0.15, 0.2) is 12.3 Å². The Labute approximate surface area is 75.4 Å². The number of rotatable bonds is 2. The summed E-state index contributed by atoms with van der Waals surface area (Å²) in [4.78, 5) is 12.9. The van der Waals surface area contributed by atoms with E-state index in [-0.39, 0.29) is 12.3 Å². The van der Waals surface area contributed by atoms with Gasteiger partial charge in [0.2, 0.25) is 5.91 Å². The molecule has 13 heavy (non-hydrogen) atoms. The zero-order valence-corrected chi connectivity index (χ0v) is 7.10. The van der Waals surface area contributed by atoms with Gasteiger partial charge in [0, 0.05) is 12.7 Å². The highest BCUT2D eigenvalue weighted by Gasteiger charge is 2.27. The Kier molecular flexibility index (Phi) is 2.02. The van der Waals surface area contributed by atoms with Crippen LogP contribution in [0.3, 0.4) is 0 Å². The molecule has 0 saturated carbocycles. The molecule has 0 radical (unpaired) electrons. The van der Waals surface area contributed by atoms with Gasteiger partial charge in [0.25, 0.3) is 0 Å². The summed E-state index contributed by atoms with van der Waals surface area (Å²) in [6.45, 7) is 0.938. The van der Waals surface area contributed by atoms with E-state index in [1.54, 1.807) is 11.1 Å². The van der Waals surface area contributed by atoms with E-state index in [2.05, 4.69) is 10.2 Å². The van der Waals surface area contributed by atoms with Gasteiger partial charge in [0.1, 0.15) is 0 Å². The summed E-state index contributed by atoms with van der Waals surface area (Å²) in [6, 6.07) is 1.82. The number of aliphatic hydroxyl groups is 1. The van der Waals surface area contributed by atoms with Crippen LogP contribution in [-0.2, 0) is 11.3 Å². The van der Waals surface area contributed by atoms with Gasteiger partial charge >= 0.3 is 0 Å². The Hall–Kier alpha value is -1.36. The highest BCUT2D eigenvalue weighted by molar-refractivity contribution is 5.78. The number of aliphatic hydroxyl groups excluding tert-OH is 1. The number of nitrogens with zero attached hydrogens (tertiary/aromatic N) is 2. The monoisotopic (exact) mass is 181 g/mol. The van der Waals surface area contributed by atoms with Crippen molar-refractivity contribution in [1.82, 2.24) is 15.1 Å². The van der Waals surface area contributed by atoms with E-state index in [4.69, 9.17) is 0 Å². The van der Waals surface area contributed by atoms with Crippen LogP contribution >= 0.6 is 0 Å². The van der Waals surface area contributed by atoms with E-state index in [0.29, 0.717) is 13.1 Å². The summed E-state index contributed by atoms with van der Waals surface area (Å²) in [5.74, 6) is 0.00194. The van der Waals surface area contributed by atoms with Crippen molar-refractivity contribution in [3.05, 3.63) is 18.0 Å². The molecule has 2 N–H and O–H groups in total. The van der Waals surface area contributed by atoms with E-state index in [1.807, 2.05) is 6.07 Å². The van der Waals surface area contributed by atoms with Crippen LogP contribution in [0, 0.1) is 0 Å². The zero-order chi connectivity index (χ0) is 9.26. The summed E-state index contributed by atoms with van der Waals surface area (Å²) in [7, 11) is 0. The van der Waals surface area contributed by atoms with Crippen LogP contribution in [0.1, 0.15) is 12.1 Å². The lowest BCUT2D eigenvalue weighted by atomic mass is 10.3. The van der Waals surface area contributed by atoms with E-state index in [9.17, 15) is 9.90 Å². The first-order valence-electron chi connectivity index (χ1n) is 4.20. The fourth-order valence-corrected chi connectivity index (χ4v) is 1.48. The molecule has 5 nitrogen and oxygen atoms in total. The number of nitrogens with one attached hydrogen (secondary N) is 1. The van der Waals surface area contributed by atoms with Crippen molar-refractivity contribution >= 4 is 5.91 Å². The van der Waals surface area contributed by atoms with Gasteiger partial charge in [-0.2, -0.15) is 5.10 Å². The van der Waals surface area contributed by atoms with Gasteiger partial charge in [-0.25, -0.2) is 0 Å². The number of carbonyl (C=O) groups is 1. The fraction of sp³-hybridized carbons (Fsp3) is 0.500. The predicted octanol–water partition coefficient (Wildman–Crippen LogP) is -0.497. The van der Waals surface area contributed by atoms with Crippen molar-refractivity contribution < 1.29 is 9.90 Å². The number of aromatic amines is 1. The molecule has 2 rings (SSSR count). The average molecular weight is 181 g/mol. The Morgan fingerprint density at radius 1 is 1.77 bits per heavy atom. The third-order valence-corrected chi connectivity index (χ3v) is 2.11. The molecule has 5 heteroatoms. The normalized spacial score (nSPS) is 22.7. The zero-order valence-electron chi connectivity index (χ0n) is 7.10. The first-order valence-corrected chi connectivity index (χ1v) is 4.20. The number of H-pyrrole nitrogens is 1. The highest BCUT2D eigenvalue weighted by atomic mass is 16.3. The molecule has 1 atom stereocenters. The Bertz CT molecular complexity index is 296. The second-order valence-corrected chi connectivity index (χ2v) is 3.21. The fourth-order valence-electron chi connectivity index (χ4n) is 1.48. The molecule has 1 amide bonds. The molecule has 0 spiro atoms. The minimum absolute atomic E-state index is 0.00194. The Balaban J connectivity index is 1.99. The molecule has 0 aromatic carbocycles. The maximum absolute atomic E-state index is 11.2. The summed E-state index contributed by atoms with van der Waals surface area (Å²) in [5.41, 5.74) is 0.891. The molecular formula is C8H11N3O2. The SMILES string of the molecule is O=C1CC(O)CN1Cc1ccn[nH]1. The van der Waals surface area contributed by atoms with Crippen molar-refractivity contribution in [3.63, 3.8) is 0 Å². The first-order chi connectivity index (χ1) is 6.25. The van der Waals surface area contributed by atoms with Crippen LogP contribution < -0.4 is 0 Å². The van der Waals surface area contributed by atoms with Crippen LogP contribution in [0.4, 0.5) is 0 Å². The lowest BCUT2D eigenvalue weighted by molar-refractivity contribution is -0.128. The molecule has 1 saturated heterocycles. The Morgan fingerprint density at radius 3 is 3.15 bits per heavy atom. The van der Waals surface area contributed by atoms with Crippen molar-refractivity contribution in [2.45, 2.75) is 19.1 Å². The van der Waals surface area contributed by atoms with E-state index in [1.165, 1.54) is 0 Å². The lowest BCUT2D eigenvalue weighted by Gasteiger charge is -2.13. The summed E-state index contributed by atoms with van der Waals surface area (Å²) >= 11 is 0. The predicted molar refractivity (Wildman–Crippen MR) is 44.6 cm³/mol. The van der Waals surface area contributed by atoms with Crippen LogP contribution in [0.25, 0.3) is 0 Å². The third-order valence-electron chi connectivity index (χ3n) is 2.11. The highest BCUT2D eigenvalue weighted by Crippen LogP contribution is 2.13. The number of β-amino-alcohol motifs (C(OH)–C–C–N with tert-alkyl or cyclic N) is 1. The smallest absolute Gasteiger partial charge is 0.225 e. The maximum Gasteiger partial charge on any atom is 0.225 e. The number of likely N-dealkylation sites (tertiary alicyclic amines) is 1. The van der Waals surface area contributed by atoms with Gasteiger partial charge in [0.15, 0.2) is 0 Å². The summed E-state index contributed by atoms with van der Waals surface area (Å²) < 4.78 is 0. The quantitative estimate of drug-likeness (QED) is 0.646. The largest absolute Gasteiger partial charge is 0.391 e. The minimum Gasteiger partial charge on any atom is -0.391 e. The first kappa shape index (κ1) is 8.25. The molecule has 0 bridgehead atoms. The molecule has 70 valence electrons. The second kappa shape index (κ2) is 3.18. The third kappa shape index (κ3) is 1.70. The number of carbonyl (C=O) groups excluding carboxylic acids is 1.